The van der Waals surface area contributed by atoms with Crippen molar-refractivity contribution in [1.82, 2.24) is 4.90 Å². The lowest BCUT2D eigenvalue weighted by Gasteiger charge is -2.36. The van der Waals surface area contributed by atoms with Crippen molar-refractivity contribution in [2.24, 2.45) is 5.92 Å². The average molecular weight is 470 g/mol. The van der Waals surface area contributed by atoms with Gasteiger partial charge in [0.05, 0.1) is 5.56 Å². The molecule has 0 saturated heterocycles. The lowest BCUT2D eigenvalue weighted by atomic mass is 9.97. The molecule has 178 valence electrons. The molecule has 2 heterocycles. The zero-order valence-corrected chi connectivity index (χ0v) is 19.8. The minimum Gasteiger partial charge on any atom is -0.478 e. The van der Waals surface area contributed by atoms with Gasteiger partial charge in [0.25, 0.3) is 0 Å². The zero-order valence-electron chi connectivity index (χ0n) is 19.8. The molecule has 1 atom stereocenters. The van der Waals surface area contributed by atoms with Gasteiger partial charge in [0.1, 0.15) is 30.7 Å². The number of fused-ring (bicyclic) bond motifs is 3. The molecule has 0 spiro atoms. The van der Waals surface area contributed by atoms with E-state index in [-0.39, 0.29) is 25.2 Å². The second-order valence-electron chi connectivity index (χ2n) is 9.07. The first-order valence-corrected chi connectivity index (χ1v) is 11.7. The van der Waals surface area contributed by atoms with E-state index >= 15 is 0 Å². The summed E-state index contributed by atoms with van der Waals surface area (Å²) in [7, 11) is 0. The van der Waals surface area contributed by atoms with Crippen LogP contribution in [0.3, 0.4) is 0 Å². The van der Waals surface area contributed by atoms with Gasteiger partial charge in [0.15, 0.2) is 0 Å². The largest absolute Gasteiger partial charge is 0.478 e. The predicted molar refractivity (Wildman–Crippen MR) is 134 cm³/mol. The summed E-state index contributed by atoms with van der Waals surface area (Å²) in [6, 6.07) is 24.2. The molecule has 0 unspecified atom stereocenters. The molecule has 6 heteroatoms. The molecule has 0 saturated carbocycles. The SMILES string of the molecule is CC(C)[C@H](C(=O)OCc1ccccc1)N1COc2ccc3c(-c4ccccc4)cc(=O)oc3c2C1. The molecule has 6 nitrogen and oxygen atoms in total. The van der Waals surface area contributed by atoms with Crippen molar-refractivity contribution in [1.29, 1.82) is 0 Å². The van der Waals surface area contributed by atoms with Gasteiger partial charge >= 0.3 is 11.6 Å². The molecule has 5 rings (SSSR count). The second kappa shape index (κ2) is 9.76. The highest BCUT2D eigenvalue weighted by Crippen LogP contribution is 2.37. The molecule has 1 aliphatic heterocycles. The third kappa shape index (κ3) is 4.70. The van der Waals surface area contributed by atoms with Crippen LogP contribution in [0.15, 0.2) is 88.1 Å². The summed E-state index contributed by atoms with van der Waals surface area (Å²) < 4.78 is 17.4. The molecular formula is C29H27NO5. The van der Waals surface area contributed by atoms with E-state index < -0.39 is 11.7 Å². The molecule has 0 radical (unpaired) electrons. The van der Waals surface area contributed by atoms with Crippen molar-refractivity contribution in [3.05, 3.63) is 100 Å². The molecule has 0 N–H and O–H groups in total. The van der Waals surface area contributed by atoms with Crippen molar-refractivity contribution in [3.63, 3.8) is 0 Å². The molecule has 1 aromatic heterocycles. The molecule has 4 aromatic rings. The van der Waals surface area contributed by atoms with Gasteiger partial charge in [-0.25, -0.2) is 4.79 Å². The Kier molecular flexibility index (Phi) is 6.38. The van der Waals surface area contributed by atoms with Crippen LogP contribution in [0.25, 0.3) is 22.1 Å². The minimum absolute atomic E-state index is 0.00899. The van der Waals surface area contributed by atoms with Crippen molar-refractivity contribution in [3.8, 4) is 16.9 Å². The number of ether oxygens (including phenoxy) is 2. The van der Waals surface area contributed by atoms with Crippen molar-refractivity contribution >= 4 is 16.9 Å². The Balaban J connectivity index is 1.47. The first kappa shape index (κ1) is 22.9. The van der Waals surface area contributed by atoms with Gasteiger partial charge in [0.2, 0.25) is 0 Å². The average Bonchev–Trinajstić information content (AvgIpc) is 2.88. The summed E-state index contributed by atoms with van der Waals surface area (Å²) in [6.45, 7) is 4.83. The first-order valence-electron chi connectivity index (χ1n) is 11.7. The Bertz CT molecular complexity index is 1400. The summed E-state index contributed by atoms with van der Waals surface area (Å²) in [5.41, 5.74) is 3.49. The number of hydrogen-bond acceptors (Lipinski definition) is 6. The van der Waals surface area contributed by atoms with Gasteiger partial charge < -0.3 is 13.9 Å². The molecule has 0 fully saturated rings. The number of carbonyl (C=O) groups excluding carboxylic acids is 1. The standard InChI is InChI=1S/C29H27NO5/c1-19(2)27(29(32)33-17-20-9-5-3-6-10-20)30-16-24-25(34-18-30)14-13-22-23(15-26(31)35-28(22)24)21-11-7-4-8-12-21/h3-15,19,27H,16-18H2,1-2H3/t27-/m1/s1. The summed E-state index contributed by atoms with van der Waals surface area (Å²) in [4.78, 5) is 27.6. The van der Waals surface area contributed by atoms with Crippen LogP contribution in [0, 0.1) is 5.92 Å². The highest BCUT2D eigenvalue weighted by molar-refractivity contribution is 5.95. The monoisotopic (exact) mass is 469 g/mol. The predicted octanol–water partition coefficient (Wildman–Crippen LogP) is 5.38. The lowest BCUT2D eigenvalue weighted by Crippen LogP contribution is -2.48. The van der Waals surface area contributed by atoms with Gasteiger partial charge in [-0.1, -0.05) is 74.5 Å². The van der Waals surface area contributed by atoms with E-state index in [4.69, 9.17) is 13.9 Å². The Morgan fingerprint density at radius 3 is 2.43 bits per heavy atom. The second-order valence-corrected chi connectivity index (χ2v) is 9.07. The number of benzene rings is 3. The van der Waals surface area contributed by atoms with Gasteiger partial charge in [-0.2, -0.15) is 0 Å². The third-order valence-corrected chi connectivity index (χ3v) is 6.29. The molecule has 0 aliphatic carbocycles. The Morgan fingerprint density at radius 1 is 1.00 bits per heavy atom. The van der Waals surface area contributed by atoms with Crippen molar-refractivity contribution in [2.75, 3.05) is 6.73 Å². The van der Waals surface area contributed by atoms with E-state index in [0.29, 0.717) is 17.9 Å². The molecule has 3 aromatic carbocycles. The zero-order chi connectivity index (χ0) is 24.4. The molecule has 35 heavy (non-hydrogen) atoms. The highest BCUT2D eigenvalue weighted by Gasteiger charge is 2.34. The Morgan fingerprint density at radius 2 is 1.71 bits per heavy atom. The minimum atomic E-state index is -0.508. The van der Waals surface area contributed by atoms with Crippen molar-refractivity contribution < 1.29 is 18.7 Å². The summed E-state index contributed by atoms with van der Waals surface area (Å²) >= 11 is 0. The smallest absolute Gasteiger partial charge is 0.336 e. The maximum Gasteiger partial charge on any atom is 0.336 e. The van der Waals surface area contributed by atoms with E-state index in [1.165, 1.54) is 6.07 Å². The van der Waals surface area contributed by atoms with Crippen LogP contribution in [-0.4, -0.2) is 23.6 Å². The fourth-order valence-corrected chi connectivity index (χ4v) is 4.64. The van der Waals surface area contributed by atoms with E-state index in [0.717, 1.165) is 27.6 Å². The molecule has 0 bridgehead atoms. The maximum atomic E-state index is 13.1. The van der Waals surface area contributed by atoms with Gasteiger partial charge in [0, 0.05) is 18.0 Å². The van der Waals surface area contributed by atoms with Crippen LogP contribution in [0.1, 0.15) is 25.0 Å². The highest BCUT2D eigenvalue weighted by atomic mass is 16.5. The Hall–Kier alpha value is -3.90. The van der Waals surface area contributed by atoms with Crippen molar-refractivity contribution in [2.45, 2.75) is 33.0 Å². The fraction of sp³-hybridized carbons (Fsp3) is 0.241. The van der Waals surface area contributed by atoms with E-state index in [9.17, 15) is 9.59 Å². The lowest BCUT2D eigenvalue weighted by molar-refractivity contribution is -0.155. The van der Waals surface area contributed by atoms with Gasteiger partial charge in [-0.3, -0.25) is 9.69 Å². The van der Waals surface area contributed by atoms with Gasteiger partial charge in [-0.15, -0.1) is 0 Å². The molecule has 0 amide bonds. The third-order valence-electron chi connectivity index (χ3n) is 6.29. The van der Waals surface area contributed by atoms with Gasteiger partial charge in [-0.05, 0) is 34.7 Å². The van der Waals surface area contributed by atoms with Crippen LogP contribution < -0.4 is 10.4 Å². The number of rotatable bonds is 6. The maximum absolute atomic E-state index is 13.1. The number of nitrogens with zero attached hydrogens (tertiary/aromatic N) is 1. The molecular weight excluding hydrogens is 442 g/mol. The Labute approximate surface area is 203 Å². The number of carbonyl (C=O) groups is 1. The van der Waals surface area contributed by atoms with Crippen LogP contribution >= 0.6 is 0 Å². The quantitative estimate of drug-likeness (QED) is 0.279. The van der Waals surface area contributed by atoms with Crippen LogP contribution in [0.2, 0.25) is 0 Å². The van der Waals surface area contributed by atoms with E-state index in [1.54, 1.807) is 0 Å². The van der Waals surface area contributed by atoms with E-state index in [1.807, 2.05) is 91.5 Å². The van der Waals surface area contributed by atoms with Crippen LogP contribution in [0.4, 0.5) is 0 Å². The summed E-state index contributed by atoms with van der Waals surface area (Å²) in [6.07, 6.45) is 0. The summed E-state index contributed by atoms with van der Waals surface area (Å²) in [5.74, 6) is 0.343. The number of esters is 1. The van der Waals surface area contributed by atoms with Crippen LogP contribution in [-0.2, 0) is 22.7 Å². The molecule has 1 aliphatic rings. The topological polar surface area (TPSA) is 69.0 Å². The number of hydrogen-bond donors (Lipinski definition) is 0. The van der Waals surface area contributed by atoms with Crippen LogP contribution in [0.5, 0.6) is 5.75 Å². The normalized spacial score (nSPS) is 14.4. The first-order chi connectivity index (χ1) is 17.0. The summed E-state index contributed by atoms with van der Waals surface area (Å²) in [5, 5.41) is 0.827. The van der Waals surface area contributed by atoms with E-state index in [2.05, 4.69) is 0 Å². The fourth-order valence-electron chi connectivity index (χ4n) is 4.64.